The van der Waals surface area contributed by atoms with Crippen LogP contribution in [0.4, 0.5) is 5.69 Å². The number of rotatable bonds is 7. The average molecular weight is 367 g/mol. The number of carboxylic acid groups (broad SMARTS) is 1. The molecule has 0 aromatic heterocycles. The van der Waals surface area contributed by atoms with Crippen LogP contribution in [0.5, 0.6) is 0 Å². The zero-order valence-electron chi connectivity index (χ0n) is 12.6. The minimum Gasteiger partial charge on any atom is -0.480 e. The number of anilines is 1. The summed E-state index contributed by atoms with van der Waals surface area (Å²) in [6.45, 7) is 0.350. The second-order valence-corrected chi connectivity index (χ2v) is 5.90. The predicted molar refractivity (Wildman–Crippen MR) is 94.4 cm³/mol. The first-order valence-corrected chi connectivity index (χ1v) is 7.97. The first-order chi connectivity index (χ1) is 11.5. The SMILES string of the molecule is O=C(CC(NCc1ccccc1)C(=O)O)Nc1cccc(Cl)c1Cl. The van der Waals surface area contributed by atoms with E-state index in [4.69, 9.17) is 23.2 Å². The molecule has 126 valence electrons. The number of benzene rings is 2. The molecule has 0 bridgehead atoms. The lowest BCUT2D eigenvalue weighted by atomic mass is 10.1. The van der Waals surface area contributed by atoms with Crippen molar-refractivity contribution in [1.82, 2.24) is 5.32 Å². The normalized spacial score (nSPS) is 11.8. The monoisotopic (exact) mass is 366 g/mol. The third-order valence-corrected chi connectivity index (χ3v) is 4.13. The maximum Gasteiger partial charge on any atom is 0.321 e. The summed E-state index contributed by atoms with van der Waals surface area (Å²) in [5.74, 6) is -1.56. The number of halogens is 2. The van der Waals surface area contributed by atoms with Crippen LogP contribution in [0.1, 0.15) is 12.0 Å². The van der Waals surface area contributed by atoms with Crippen LogP contribution in [0.3, 0.4) is 0 Å². The lowest BCUT2D eigenvalue weighted by Crippen LogP contribution is -2.39. The molecule has 1 atom stereocenters. The highest BCUT2D eigenvalue weighted by molar-refractivity contribution is 6.43. The van der Waals surface area contributed by atoms with Gasteiger partial charge in [0.15, 0.2) is 0 Å². The van der Waals surface area contributed by atoms with Gasteiger partial charge in [0.05, 0.1) is 22.2 Å². The second kappa shape index (κ2) is 8.68. The molecule has 0 saturated heterocycles. The van der Waals surface area contributed by atoms with Gasteiger partial charge in [-0.05, 0) is 17.7 Å². The molecule has 0 fully saturated rings. The molecule has 5 nitrogen and oxygen atoms in total. The topological polar surface area (TPSA) is 78.4 Å². The van der Waals surface area contributed by atoms with E-state index in [-0.39, 0.29) is 11.4 Å². The maximum absolute atomic E-state index is 12.1. The fraction of sp³-hybridized carbons (Fsp3) is 0.176. The molecule has 2 rings (SSSR count). The van der Waals surface area contributed by atoms with Gasteiger partial charge in [0.1, 0.15) is 6.04 Å². The van der Waals surface area contributed by atoms with Crippen LogP contribution in [0.15, 0.2) is 48.5 Å². The molecule has 0 radical (unpaired) electrons. The van der Waals surface area contributed by atoms with Crippen molar-refractivity contribution in [1.29, 1.82) is 0 Å². The van der Waals surface area contributed by atoms with Crippen molar-refractivity contribution in [3.05, 3.63) is 64.1 Å². The molecule has 2 aromatic rings. The molecule has 0 aliphatic carbocycles. The van der Waals surface area contributed by atoms with Crippen molar-refractivity contribution in [2.45, 2.75) is 19.0 Å². The fourth-order valence-electron chi connectivity index (χ4n) is 2.07. The van der Waals surface area contributed by atoms with Gasteiger partial charge in [0, 0.05) is 6.54 Å². The summed E-state index contributed by atoms with van der Waals surface area (Å²) >= 11 is 11.9. The first-order valence-electron chi connectivity index (χ1n) is 7.21. The van der Waals surface area contributed by atoms with E-state index in [2.05, 4.69) is 10.6 Å². The molecule has 7 heteroatoms. The van der Waals surface area contributed by atoms with Crippen molar-refractivity contribution in [3.63, 3.8) is 0 Å². The summed E-state index contributed by atoms with van der Waals surface area (Å²) in [5.41, 5.74) is 1.28. The van der Waals surface area contributed by atoms with Gasteiger partial charge >= 0.3 is 5.97 Å². The Morgan fingerprint density at radius 1 is 1.04 bits per heavy atom. The number of hydrogen-bond acceptors (Lipinski definition) is 3. The van der Waals surface area contributed by atoms with Crippen LogP contribution in [-0.4, -0.2) is 23.0 Å². The van der Waals surface area contributed by atoms with Crippen LogP contribution in [0.2, 0.25) is 10.0 Å². The highest BCUT2D eigenvalue weighted by Crippen LogP contribution is 2.29. The number of carboxylic acids is 1. The molecule has 24 heavy (non-hydrogen) atoms. The van der Waals surface area contributed by atoms with Crippen LogP contribution in [0, 0.1) is 0 Å². The molecule has 0 aliphatic heterocycles. The van der Waals surface area contributed by atoms with Crippen LogP contribution >= 0.6 is 23.2 Å². The number of aliphatic carboxylic acids is 1. The van der Waals surface area contributed by atoms with E-state index in [0.29, 0.717) is 17.3 Å². The predicted octanol–water partition coefficient (Wildman–Crippen LogP) is 3.57. The summed E-state index contributed by atoms with van der Waals surface area (Å²) in [6.07, 6.45) is -0.231. The molecule has 2 aromatic carbocycles. The lowest BCUT2D eigenvalue weighted by Gasteiger charge is -2.15. The summed E-state index contributed by atoms with van der Waals surface area (Å²) in [6, 6.07) is 13.2. The van der Waals surface area contributed by atoms with Crippen LogP contribution < -0.4 is 10.6 Å². The van der Waals surface area contributed by atoms with E-state index in [1.165, 1.54) is 0 Å². The molecule has 1 amide bonds. The van der Waals surface area contributed by atoms with E-state index < -0.39 is 17.9 Å². The molecule has 0 aliphatic rings. The van der Waals surface area contributed by atoms with Crippen LogP contribution in [-0.2, 0) is 16.1 Å². The van der Waals surface area contributed by atoms with Gasteiger partial charge in [0.2, 0.25) is 5.91 Å². The molecule has 0 spiro atoms. The molecular weight excluding hydrogens is 351 g/mol. The van der Waals surface area contributed by atoms with E-state index in [0.717, 1.165) is 5.56 Å². The van der Waals surface area contributed by atoms with Crippen molar-refractivity contribution < 1.29 is 14.7 Å². The summed E-state index contributed by atoms with van der Waals surface area (Å²) in [7, 11) is 0. The van der Waals surface area contributed by atoms with Gasteiger partial charge in [-0.1, -0.05) is 59.6 Å². The van der Waals surface area contributed by atoms with Gasteiger partial charge in [-0.25, -0.2) is 0 Å². The van der Waals surface area contributed by atoms with E-state index in [1.807, 2.05) is 30.3 Å². The Morgan fingerprint density at radius 3 is 2.42 bits per heavy atom. The number of hydrogen-bond donors (Lipinski definition) is 3. The average Bonchev–Trinajstić information content (AvgIpc) is 2.56. The van der Waals surface area contributed by atoms with Crippen molar-refractivity contribution >= 4 is 40.8 Å². The zero-order valence-corrected chi connectivity index (χ0v) is 14.1. The summed E-state index contributed by atoms with van der Waals surface area (Å²) in [4.78, 5) is 23.4. The zero-order chi connectivity index (χ0) is 17.5. The third kappa shape index (κ3) is 5.23. The molecular formula is C17H16Cl2N2O3. The van der Waals surface area contributed by atoms with Gasteiger partial charge in [-0.15, -0.1) is 0 Å². The highest BCUT2D eigenvalue weighted by Gasteiger charge is 2.21. The number of nitrogens with one attached hydrogen (secondary N) is 2. The Hall–Kier alpha value is -2.08. The Bertz CT molecular complexity index is 723. The van der Waals surface area contributed by atoms with Gasteiger partial charge in [0.25, 0.3) is 0 Å². The highest BCUT2D eigenvalue weighted by atomic mass is 35.5. The Labute approximate surface area is 149 Å². The third-order valence-electron chi connectivity index (χ3n) is 3.31. The Kier molecular flexibility index (Phi) is 6.61. The number of amides is 1. The van der Waals surface area contributed by atoms with Gasteiger partial charge < -0.3 is 10.4 Å². The molecule has 0 heterocycles. The van der Waals surface area contributed by atoms with Gasteiger partial charge in [-0.3, -0.25) is 14.9 Å². The summed E-state index contributed by atoms with van der Waals surface area (Å²) < 4.78 is 0. The van der Waals surface area contributed by atoms with E-state index in [1.54, 1.807) is 18.2 Å². The van der Waals surface area contributed by atoms with Crippen molar-refractivity contribution in [2.75, 3.05) is 5.32 Å². The molecule has 3 N–H and O–H groups in total. The minimum atomic E-state index is -1.10. The van der Waals surface area contributed by atoms with Crippen molar-refractivity contribution in [2.24, 2.45) is 0 Å². The molecule has 1 unspecified atom stereocenters. The largest absolute Gasteiger partial charge is 0.480 e. The number of carbonyl (C=O) groups is 2. The molecule has 0 saturated carbocycles. The van der Waals surface area contributed by atoms with Crippen molar-refractivity contribution in [3.8, 4) is 0 Å². The standard InChI is InChI=1S/C17H16Cl2N2O3/c18-12-7-4-8-13(16(12)19)21-15(22)9-14(17(23)24)20-10-11-5-2-1-3-6-11/h1-8,14,20H,9-10H2,(H,21,22)(H,23,24). The maximum atomic E-state index is 12.1. The number of carbonyl (C=O) groups excluding carboxylic acids is 1. The quantitative estimate of drug-likeness (QED) is 0.699. The van der Waals surface area contributed by atoms with Gasteiger partial charge in [-0.2, -0.15) is 0 Å². The first kappa shape index (κ1) is 18.3. The lowest BCUT2D eigenvalue weighted by molar-refractivity contribution is -0.141. The van der Waals surface area contributed by atoms with Crippen LogP contribution in [0.25, 0.3) is 0 Å². The smallest absolute Gasteiger partial charge is 0.321 e. The Morgan fingerprint density at radius 2 is 1.75 bits per heavy atom. The van der Waals surface area contributed by atoms with E-state index >= 15 is 0 Å². The fourth-order valence-corrected chi connectivity index (χ4v) is 2.42. The minimum absolute atomic E-state index is 0.219. The Balaban J connectivity index is 1.95. The van der Waals surface area contributed by atoms with E-state index in [9.17, 15) is 14.7 Å². The summed E-state index contributed by atoms with van der Waals surface area (Å²) in [5, 5.41) is 15.2. The second-order valence-electron chi connectivity index (χ2n) is 5.11.